The van der Waals surface area contributed by atoms with E-state index in [9.17, 15) is 9.59 Å². The van der Waals surface area contributed by atoms with Gasteiger partial charge in [0.2, 0.25) is 5.91 Å². The van der Waals surface area contributed by atoms with Gasteiger partial charge in [-0.05, 0) is 36.8 Å². The number of nitrogens with one attached hydrogen (secondary N) is 2. The number of carbonyl (C=O) groups is 1. The van der Waals surface area contributed by atoms with Crippen molar-refractivity contribution in [2.24, 2.45) is 0 Å². The predicted octanol–water partition coefficient (Wildman–Crippen LogP) is 3.49. The molecule has 2 heterocycles. The van der Waals surface area contributed by atoms with E-state index >= 15 is 0 Å². The first-order valence-electron chi connectivity index (χ1n) is 8.92. The van der Waals surface area contributed by atoms with Crippen LogP contribution in [0.25, 0.3) is 10.9 Å². The zero-order valence-corrected chi connectivity index (χ0v) is 15.8. The molecular weight excluding hydrogens is 362 g/mol. The standard InChI is InChI=1S/C21H20ClN3O2/c1-13-6-7-14(10-17(13)22)23-20(26)12-25-9-8-19-16(11-25)21(27)15-4-2-3-5-18(15)24-19/h2-7,10H,8-9,11-12H2,1H3,(H,23,26)(H,24,27). The van der Waals surface area contributed by atoms with E-state index in [0.29, 0.717) is 22.6 Å². The Balaban J connectivity index is 1.49. The lowest BCUT2D eigenvalue weighted by Gasteiger charge is -2.27. The van der Waals surface area contributed by atoms with Crippen molar-refractivity contribution in [2.45, 2.75) is 19.9 Å². The van der Waals surface area contributed by atoms with Crippen LogP contribution in [0.5, 0.6) is 0 Å². The number of hydrogen-bond donors (Lipinski definition) is 2. The van der Waals surface area contributed by atoms with Crippen molar-refractivity contribution < 1.29 is 4.79 Å². The molecule has 2 aromatic carbocycles. The fourth-order valence-corrected chi connectivity index (χ4v) is 3.67. The second kappa shape index (κ2) is 7.18. The summed E-state index contributed by atoms with van der Waals surface area (Å²) in [6.45, 7) is 3.35. The molecule has 27 heavy (non-hydrogen) atoms. The average Bonchev–Trinajstić information content (AvgIpc) is 2.65. The molecule has 0 radical (unpaired) electrons. The minimum absolute atomic E-state index is 0.0507. The van der Waals surface area contributed by atoms with Gasteiger partial charge < -0.3 is 10.3 Å². The Bertz CT molecular complexity index is 1090. The summed E-state index contributed by atoms with van der Waals surface area (Å²) in [6, 6.07) is 13.0. The third-order valence-corrected chi connectivity index (χ3v) is 5.39. The van der Waals surface area contributed by atoms with Gasteiger partial charge in [-0.2, -0.15) is 0 Å². The van der Waals surface area contributed by atoms with Crippen LogP contribution in [0.15, 0.2) is 47.3 Å². The number of benzene rings is 2. The van der Waals surface area contributed by atoms with Crippen molar-refractivity contribution in [3.63, 3.8) is 0 Å². The van der Waals surface area contributed by atoms with E-state index in [4.69, 9.17) is 11.6 Å². The Labute approximate surface area is 162 Å². The topological polar surface area (TPSA) is 65.2 Å². The molecule has 138 valence electrons. The number of pyridine rings is 1. The van der Waals surface area contributed by atoms with Crippen LogP contribution in [0.1, 0.15) is 16.8 Å². The number of fused-ring (bicyclic) bond motifs is 2. The van der Waals surface area contributed by atoms with Crippen molar-refractivity contribution in [1.82, 2.24) is 9.88 Å². The monoisotopic (exact) mass is 381 g/mol. The highest BCUT2D eigenvalue weighted by Crippen LogP contribution is 2.21. The summed E-state index contributed by atoms with van der Waals surface area (Å²) in [4.78, 5) is 30.6. The number of amides is 1. The molecule has 2 N–H and O–H groups in total. The largest absolute Gasteiger partial charge is 0.358 e. The highest BCUT2D eigenvalue weighted by molar-refractivity contribution is 6.31. The van der Waals surface area contributed by atoms with E-state index in [2.05, 4.69) is 10.3 Å². The molecular formula is C21H20ClN3O2. The van der Waals surface area contributed by atoms with E-state index in [1.807, 2.05) is 48.2 Å². The van der Waals surface area contributed by atoms with Crippen molar-refractivity contribution in [1.29, 1.82) is 0 Å². The Morgan fingerprint density at radius 1 is 1.26 bits per heavy atom. The normalized spacial score (nSPS) is 14.1. The molecule has 1 amide bonds. The SMILES string of the molecule is Cc1ccc(NC(=O)CN2CCc3[nH]c4ccccc4c(=O)c3C2)cc1Cl. The predicted molar refractivity (Wildman–Crippen MR) is 108 cm³/mol. The number of anilines is 1. The molecule has 0 unspecified atom stereocenters. The van der Waals surface area contributed by atoms with Gasteiger partial charge in [0.1, 0.15) is 0 Å². The minimum atomic E-state index is -0.115. The molecule has 0 atom stereocenters. The summed E-state index contributed by atoms with van der Waals surface area (Å²) in [6.07, 6.45) is 0.721. The van der Waals surface area contributed by atoms with Crippen LogP contribution in [-0.2, 0) is 17.8 Å². The third-order valence-electron chi connectivity index (χ3n) is 4.98. The molecule has 3 aromatic rings. The lowest BCUT2D eigenvalue weighted by Crippen LogP contribution is -2.39. The molecule has 0 saturated carbocycles. The summed E-state index contributed by atoms with van der Waals surface area (Å²) in [5.74, 6) is -0.115. The second-order valence-corrected chi connectivity index (χ2v) is 7.34. The Morgan fingerprint density at radius 2 is 2.07 bits per heavy atom. The molecule has 0 spiro atoms. The van der Waals surface area contributed by atoms with Gasteiger partial charge in [-0.15, -0.1) is 0 Å². The molecule has 0 saturated heterocycles. The van der Waals surface area contributed by atoms with Gasteiger partial charge in [-0.1, -0.05) is 29.8 Å². The summed E-state index contributed by atoms with van der Waals surface area (Å²) < 4.78 is 0. The average molecular weight is 382 g/mol. The van der Waals surface area contributed by atoms with E-state index < -0.39 is 0 Å². The molecule has 0 fully saturated rings. The van der Waals surface area contributed by atoms with Gasteiger partial charge in [0.05, 0.1) is 6.54 Å². The van der Waals surface area contributed by atoms with Crippen LogP contribution < -0.4 is 10.7 Å². The molecule has 6 heteroatoms. The van der Waals surface area contributed by atoms with Crippen molar-refractivity contribution >= 4 is 34.1 Å². The zero-order valence-electron chi connectivity index (χ0n) is 15.0. The molecule has 0 aliphatic carbocycles. The quantitative estimate of drug-likeness (QED) is 0.730. The molecule has 0 bridgehead atoms. The number of aromatic nitrogens is 1. The van der Waals surface area contributed by atoms with E-state index in [-0.39, 0.29) is 17.9 Å². The number of hydrogen-bond acceptors (Lipinski definition) is 3. The summed E-state index contributed by atoms with van der Waals surface area (Å²) in [5, 5.41) is 4.19. The Hall–Kier alpha value is -2.63. The van der Waals surface area contributed by atoms with E-state index in [1.54, 1.807) is 6.07 Å². The second-order valence-electron chi connectivity index (χ2n) is 6.93. The maximum absolute atomic E-state index is 12.8. The van der Waals surface area contributed by atoms with Gasteiger partial charge in [0, 0.05) is 52.4 Å². The number of rotatable bonds is 3. The van der Waals surface area contributed by atoms with Crippen LogP contribution in [0.4, 0.5) is 5.69 Å². The summed E-state index contributed by atoms with van der Waals surface area (Å²) >= 11 is 6.11. The number of nitrogens with zero attached hydrogens (tertiary/aromatic N) is 1. The van der Waals surface area contributed by atoms with Crippen LogP contribution in [0.3, 0.4) is 0 Å². The maximum atomic E-state index is 12.8. The fourth-order valence-electron chi connectivity index (χ4n) is 3.49. The molecule has 1 aliphatic heterocycles. The lowest BCUT2D eigenvalue weighted by atomic mass is 10.0. The van der Waals surface area contributed by atoms with E-state index in [0.717, 1.165) is 35.3 Å². The van der Waals surface area contributed by atoms with Crippen LogP contribution in [0, 0.1) is 6.92 Å². The first-order valence-corrected chi connectivity index (χ1v) is 9.30. The molecule has 1 aromatic heterocycles. The minimum Gasteiger partial charge on any atom is -0.358 e. The number of para-hydroxylation sites is 1. The number of aromatic amines is 1. The van der Waals surface area contributed by atoms with Crippen LogP contribution >= 0.6 is 11.6 Å². The number of aryl methyl sites for hydroxylation is 1. The smallest absolute Gasteiger partial charge is 0.238 e. The van der Waals surface area contributed by atoms with Crippen molar-refractivity contribution in [2.75, 3.05) is 18.4 Å². The van der Waals surface area contributed by atoms with Crippen LogP contribution in [-0.4, -0.2) is 28.9 Å². The first kappa shape index (κ1) is 17.8. The number of halogens is 1. The molecule has 1 aliphatic rings. The van der Waals surface area contributed by atoms with Crippen molar-refractivity contribution in [3.05, 3.63) is 74.5 Å². The van der Waals surface area contributed by atoms with Gasteiger partial charge in [-0.3, -0.25) is 14.5 Å². The fraction of sp³-hybridized carbons (Fsp3) is 0.238. The zero-order chi connectivity index (χ0) is 19.0. The molecule has 4 rings (SSSR count). The highest BCUT2D eigenvalue weighted by atomic mass is 35.5. The Kier molecular flexibility index (Phi) is 4.72. The third kappa shape index (κ3) is 3.61. The molecule has 5 nitrogen and oxygen atoms in total. The summed E-state index contributed by atoms with van der Waals surface area (Å²) in [7, 11) is 0. The number of carbonyl (C=O) groups excluding carboxylic acids is 1. The highest BCUT2D eigenvalue weighted by Gasteiger charge is 2.22. The number of H-pyrrole nitrogens is 1. The van der Waals surface area contributed by atoms with E-state index in [1.165, 1.54) is 0 Å². The van der Waals surface area contributed by atoms with Gasteiger partial charge in [0.25, 0.3) is 0 Å². The van der Waals surface area contributed by atoms with Crippen molar-refractivity contribution in [3.8, 4) is 0 Å². The van der Waals surface area contributed by atoms with Gasteiger partial charge in [0.15, 0.2) is 5.43 Å². The lowest BCUT2D eigenvalue weighted by molar-refractivity contribution is -0.117. The Morgan fingerprint density at radius 3 is 2.89 bits per heavy atom. The van der Waals surface area contributed by atoms with Gasteiger partial charge >= 0.3 is 0 Å². The first-order chi connectivity index (χ1) is 13.0. The summed E-state index contributed by atoms with van der Waals surface area (Å²) in [5.41, 5.74) is 4.29. The van der Waals surface area contributed by atoms with Gasteiger partial charge in [-0.25, -0.2) is 0 Å². The maximum Gasteiger partial charge on any atom is 0.238 e. The van der Waals surface area contributed by atoms with Crippen LogP contribution in [0.2, 0.25) is 5.02 Å².